The van der Waals surface area contributed by atoms with E-state index < -0.39 is 5.97 Å². The number of hydrogen-bond acceptors (Lipinski definition) is 3. The van der Waals surface area contributed by atoms with Gasteiger partial charge in [0, 0.05) is 10.5 Å². The zero-order chi connectivity index (χ0) is 8.53. The van der Waals surface area contributed by atoms with Gasteiger partial charge in [0.05, 0.1) is 13.2 Å². The van der Waals surface area contributed by atoms with Crippen LogP contribution in [0.3, 0.4) is 0 Å². The molecule has 0 aliphatic heterocycles. The molecule has 0 unspecified atom stereocenters. The minimum absolute atomic E-state index is 0.307. The Balaban J connectivity index is 3.01. The summed E-state index contributed by atoms with van der Waals surface area (Å²) < 4.78 is 10.7. The number of ether oxygens (including phenoxy) is 2. The van der Waals surface area contributed by atoms with E-state index in [0.29, 0.717) is 19.8 Å². The van der Waals surface area contributed by atoms with Crippen LogP contribution in [0.25, 0.3) is 0 Å². The number of carbonyl (C=O) groups is 1. The molecule has 0 rings (SSSR count). The number of carbonyl (C=O) groups excluding carboxylic acids is 1. The van der Waals surface area contributed by atoms with Gasteiger partial charge in [-0.3, -0.25) is 0 Å². The summed E-state index contributed by atoms with van der Waals surface area (Å²) in [4.78, 5) is 10.4. The lowest BCUT2D eigenvalue weighted by Gasteiger charge is -2.01. The lowest BCUT2D eigenvalue weighted by molar-refractivity contribution is -0.139. The fourth-order valence-electron chi connectivity index (χ4n) is 0.417. The van der Waals surface area contributed by atoms with Gasteiger partial charge < -0.3 is 9.47 Å². The first-order valence-corrected chi connectivity index (χ1v) is 4.76. The molecule has 3 nitrogen and oxygen atoms in total. The first-order chi connectivity index (χ1) is 5.31. The second-order valence-electron chi connectivity index (χ2n) is 1.67. The molecule has 0 amide bonds. The fraction of sp³-hybridized carbons (Fsp3) is 0.571. The molecular formula is C7H11IO3. The van der Waals surface area contributed by atoms with Crippen LogP contribution < -0.4 is 0 Å². The van der Waals surface area contributed by atoms with Gasteiger partial charge in [0.25, 0.3) is 0 Å². The zero-order valence-electron chi connectivity index (χ0n) is 6.22. The first-order valence-electron chi connectivity index (χ1n) is 3.24. The lowest BCUT2D eigenvalue weighted by atomic mass is 10.6. The van der Waals surface area contributed by atoms with E-state index >= 15 is 0 Å². The average Bonchev–Trinajstić information content (AvgIpc) is 2.04. The molecule has 0 saturated carbocycles. The van der Waals surface area contributed by atoms with E-state index in [0.717, 1.165) is 10.5 Å². The molecule has 0 fully saturated rings. The number of esters is 1. The average molecular weight is 270 g/mol. The highest BCUT2D eigenvalue weighted by Crippen LogP contribution is 1.84. The van der Waals surface area contributed by atoms with E-state index in [9.17, 15) is 4.79 Å². The summed E-state index contributed by atoms with van der Waals surface area (Å²) in [7, 11) is 0. The van der Waals surface area contributed by atoms with Gasteiger partial charge >= 0.3 is 5.97 Å². The van der Waals surface area contributed by atoms with Crippen molar-refractivity contribution in [3.8, 4) is 0 Å². The quantitative estimate of drug-likeness (QED) is 0.239. The summed E-state index contributed by atoms with van der Waals surface area (Å²) in [6.07, 6.45) is 1.14. The topological polar surface area (TPSA) is 35.5 Å². The molecule has 0 saturated heterocycles. The summed E-state index contributed by atoms with van der Waals surface area (Å²) in [5.41, 5.74) is 0. The van der Waals surface area contributed by atoms with Gasteiger partial charge in [-0.1, -0.05) is 29.2 Å². The van der Waals surface area contributed by atoms with Gasteiger partial charge in [-0.05, 0) is 0 Å². The minimum Gasteiger partial charge on any atom is -0.460 e. The largest absolute Gasteiger partial charge is 0.460 e. The Hall–Kier alpha value is -0.100. The molecule has 0 atom stereocenters. The summed E-state index contributed by atoms with van der Waals surface area (Å²) in [6, 6.07) is 0. The highest BCUT2D eigenvalue weighted by Gasteiger charge is 1.93. The van der Waals surface area contributed by atoms with E-state index in [-0.39, 0.29) is 0 Å². The molecule has 4 heteroatoms. The first kappa shape index (κ1) is 10.9. The van der Waals surface area contributed by atoms with Crippen molar-refractivity contribution in [2.45, 2.75) is 0 Å². The third kappa shape index (κ3) is 7.80. The van der Waals surface area contributed by atoms with E-state index in [2.05, 4.69) is 33.9 Å². The van der Waals surface area contributed by atoms with Crippen molar-refractivity contribution in [1.29, 1.82) is 0 Å². The molecule has 0 spiro atoms. The monoisotopic (exact) mass is 270 g/mol. The third-order valence-electron chi connectivity index (χ3n) is 0.860. The van der Waals surface area contributed by atoms with Crippen molar-refractivity contribution < 1.29 is 14.3 Å². The van der Waals surface area contributed by atoms with E-state index in [1.165, 1.54) is 0 Å². The van der Waals surface area contributed by atoms with Crippen molar-refractivity contribution in [2.75, 3.05) is 24.2 Å². The fourth-order valence-corrected chi connectivity index (χ4v) is 0.728. The molecule has 0 aliphatic rings. The van der Waals surface area contributed by atoms with Crippen LogP contribution in [0.5, 0.6) is 0 Å². The summed E-state index contributed by atoms with van der Waals surface area (Å²) in [6.45, 7) is 4.73. The maximum Gasteiger partial charge on any atom is 0.330 e. The Morgan fingerprint density at radius 2 is 2.18 bits per heavy atom. The Kier molecular flexibility index (Phi) is 7.93. The van der Waals surface area contributed by atoms with Crippen molar-refractivity contribution in [3.63, 3.8) is 0 Å². The van der Waals surface area contributed by atoms with E-state index in [4.69, 9.17) is 4.74 Å². The second kappa shape index (κ2) is 8.00. The highest BCUT2D eigenvalue weighted by molar-refractivity contribution is 14.1. The van der Waals surface area contributed by atoms with Crippen LogP contribution >= 0.6 is 22.6 Å². The van der Waals surface area contributed by atoms with Crippen LogP contribution in [0.2, 0.25) is 0 Å². The number of alkyl halides is 1. The molecule has 0 aromatic rings. The number of rotatable bonds is 6. The molecule has 0 aromatic carbocycles. The van der Waals surface area contributed by atoms with Crippen molar-refractivity contribution in [3.05, 3.63) is 12.7 Å². The van der Waals surface area contributed by atoms with Gasteiger partial charge in [0.15, 0.2) is 0 Å². The van der Waals surface area contributed by atoms with Crippen LogP contribution in [-0.4, -0.2) is 30.2 Å². The smallest absolute Gasteiger partial charge is 0.330 e. The SMILES string of the molecule is C=CC(=O)OCCOCCI. The molecule has 0 N–H and O–H groups in total. The molecule has 64 valence electrons. The predicted molar refractivity (Wildman–Crippen MR) is 50.9 cm³/mol. The molecule has 11 heavy (non-hydrogen) atoms. The predicted octanol–water partition coefficient (Wildman–Crippen LogP) is 1.17. The third-order valence-corrected chi connectivity index (χ3v) is 1.30. The summed E-state index contributed by atoms with van der Waals surface area (Å²) in [5.74, 6) is -0.400. The summed E-state index contributed by atoms with van der Waals surface area (Å²) in [5, 5.41) is 0. The maximum absolute atomic E-state index is 10.4. The van der Waals surface area contributed by atoms with E-state index in [1.54, 1.807) is 0 Å². The molecule has 0 heterocycles. The zero-order valence-corrected chi connectivity index (χ0v) is 8.37. The lowest BCUT2D eigenvalue weighted by Crippen LogP contribution is -2.09. The molecule has 0 bridgehead atoms. The maximum atomic E-state index is 10.4. The van der Waals surface area contributed by atoms with E-state index in [1.807, 2.05) is 0 Å². The van der Waals surface area contributed by atoms with Gasteiger partial charge in [0.1, 0.15) is 6.61 Å². The minimum atomic E-state index is -0.400. The van der Waals surface area contributed by atoms with Crippen LogP contribution in [0.15, 0.2) is 12.7 Å². The molecule has 0 radical (unpaired) electrons. The van der Waals surface area contributed by atoms with Crippen molar-refractivity contribution in [2.24, 2.45) is 0 Å². The standard InChI is InChI=1S/C7H11IO3/c1-2-7(9)11-6-5-10-4-3-8/h2H,1,3-6H2. The Bertz CT molecular complexity index is 125. The number of halogens is 1. The van der Waals surface area contributed by atoms with Gasteiger partial charge in [-0.25, -0.2) is 4.79 Å². The number of hydrogen-bond donors (Lipinski definition) is 0. The van der Waals surface area contributed by atoms with Gasteiger partial charge in [-0.15, -0.1) is 0 Å². The second-order valence-corrected chi connectivity index (χ2v) is 2.75. The van der Waals surface area contributed by atoms with Crippen LogP contribution in [0.4, 0.5) is 0 Å². The highest BCUT2D eigenvalue weighted by atomic mass is 127. The Labute approximate surface area is 79.9 Å². The van der Waals surface area contributed by atoms with Crippen molar-refractivity contribution in [1.82, 2.24) is 0 Å². The van der Waals surface area contributed by atoms with Crippen LogP contribution in [0.1, 0.15) is 0 Å². The molecule has 0 aliphatic carbocycles. The van der Waals surface area contributed by atoms with Crippen molar-refractivity contribution >= 4 is 28.6 Å². The van der Waals surface area contributed by atoms with Gasteiger partial charge in [0.2, 0.25) is 0 Å². The normalized spacial score (nSPS) is 9.18. The van der Waals surface area contributed by atoms with Crippen LogP contribution in [0, 0.1) is 0 Å². The summed E-state index contributed by atoms with van der Waals surface area (Å²) >= 11 is 2.21. The van der Waals surface area contributed by atoms with Crippen LogP contribution in [-0.2, 0) is 14.3 Å². The Morgan fingerprint density at radius 3 is 2.73 bits per heavy atom. The molecular weight excluding hydrogens is 259 g/mol. The molecule has 0 aromatic heterocycles. The van der Waals surface area contributed by atoms with Gasteiger partial charge in [-0.2, -0.15) is 0 Å². The Morgan fingerprint density at radius 1 is 1.45 bits per heavy atom.